The molecule has 6 nitrogen and oxygen atoms in total. The van der Waals surface area contributed by atoms with Gasteiger partial charge in [0.25, 0.3) is 0 Å². The summed E-state index contributed by atoms with van der Waals surface area (Å²) in [6.45, 7) is 3.06. The highest BCUT2D eigenvalue weighted by Gasteiger charge is 2.40. The number of carbonyl (C=O) groups excluding carboxylic acids is 2. The zero-order valence-corrected chi connectivity index (χ0v) is 13.9. The van der Waals surface area contributed by atoms with Crippen LogP contribution in [0, 0.1) is 12.8 Å². The summed E-state index contributed by atoms with van der Waals surface area (Å²) in [5.41, 5.74) is 2.27. The Hall–Kier alpha value is -2.44. The summed E-state index contributed by atoms with van der Waals surface area (Å²) in [5.74, 6) is -1.98. The van der Waals surface area contributed by atoms with Gasteiger partial charge in [0.2, 0.25) is 5.91 Å². The number of hydrogen-bond donors (Lipinski definition) is 2. The van der Waals surface area contributed by atoms with Gasteiger partial charge in [0.05, 0.1) is 11.4 Å². The molecule has 0 saturated carbocycles. The molecule has 3 rings (SSSR count). The van der Waals surface area contributed by atoms with Crippen LogP contribution in [0.5, 0.6) is 0 Å². The van der Waals surface area contributed by atoms with Gasteiger partial charge in [0, 0.05) is 11.3 Å². The summed E-state index contributed by atoms with van der Waals surface area (Å²) >= 11 is 6.42. The number of ketones is 1. The lowest BCUT2D eigenvalue weighted by atomic mass is 9.99. The van der Waals surface area contributed by atoms with E-state index in [2.05, 4.69) is 10.4 Å². The van der Waals surface area contributed by atoms with Crippen LogP contribution in [0.15, 0.2) is 36.0 Å². The van der Waals surface area contributed by atoms with Crippen molar-refractivity contribution in [2.24, 2.45) is 5.92 Å². The first kappa shape index (κ1) is 16.4. The van der Waals surface area contributed by atoms with Crippen molar-refractivity contribution in [1.82, 2.24) is 15.1 Å². The van der Waals surface area contributed by atoms with Crippen molar-refractivity contribution in [1.29, 1.82) is 0 Å². The van der Waals surface area contributed by atoms with Crippen LogP contribution >= 0.6 is 11.6 Å². The number of hydrogen-bond acceptors (Lipinski definition) is 4. The summed E-state index contributed by atoms with van der Waals surface area (Å²) in [6.07, 6.45) is 0.362. The van der Waals surface area contributed by atoms with Crippen molar-refractivity contribution >= 4 is 29.4 Å². The molecule has 1 aromatic heterocycles. The molecule has 2 N–H and O–H groups in total. The first-order chi connectivity index (χ1) is 11.4. The predicted molar refractivity (Wildman–Crippen MR) is 89.6 cm³/mol. The van der Waals surface area contributed by atoms with Crippen LogP contribution in [-0.2, 0) is 9.59 Å². The molecular formula is C17H16ClN3O3. The maximum atomic E-state index is 11.8. The van der Waals surface area contributed by atoms with E-state index in [1.807, 2.05) is 30.3 Å². The fraction of sp³-hybridized carbons (Fsp3) is 0.235. The molecule has 7 heteroatoms. The van der Waals surface area contributed by atoms with Crippen molar-refractivity contribution in [3.05, 3.63) is 52.4 Å². The highest BCUT2D eigenvalue weighted by atomic mass is 35.5. The van der Waals surface area contributed by atoms with Crippen LogP contribution in [0.1, 0.15) is 18.2 Å². The minimum atomic E-state index is -1.20. The molecule has 1 aliphatic heterocycles. The van der Waals surface area contributed by atoms with Crippen LogP contribution < -0.4 is 5.32 Å². The first-order valence-electron chi connectivity index (χ1n) is 7.41. The second kappa shape index (κ2) is 6.22. The lowest BCUT2D eigenvalue weighted by Crippen LogP contribution is -2.28. The fourth-order valence-corrected chi connectivity index (χ4v) is 3.04. The van der Waals surface area contributed by atoms with Gasteiger partial charge in [-0.05, 0) is 32.1 Å². The summed E-state index contributed by atoms with van der Waals surface area (Å²) in [6, 6.07) is 9.38. The van der Waals surface area contributed by atoms with Crippen LogP contribution in [-0.4, -0.2) is 32.7 Å². The van der Waals surface area contributed by atoms with Crippen LogP contribution in [0.4, 0.5) is 0 Å². The van der Waals surface area contributed by atoms with Crippen LogP contribution in [0.3, 0.4) is 0 Å². The normalized spacial score (nSPS) is 22.0. The van der Waals surface area contributed by atoms with Gasteiger partial charge in [-0.1, -0.05) is 29.8 Å². The Morgan fingerprint density at radius 1 is 1.38 bits per heavy atom. The van der Waals surface area contributed by atoms with Crippen molar-refractivity contribution in [3.8, 4) is 5.69 Å². The fourth-order valence-electron chi connectivity index (χ4n) is 2.72. The number of nitrogens with one attached hydrogen (secondary N) is 1. The number of aliphatic hydroxyl groups is 1. The molecule has 24 heavy (non-hydrogen) atoms. The van der Waals surface area contributed by atoms with Crippen molar-refractivity contribution < 1.29 is 14.7 Å². The zero-order valence-electron chi connectivity index (χ0n) is 13.2. The van der Waals surface area contributed by atoms with E-state index in [1.165, 1.54) is 6.92 Å². The van der Waals surface area contributed by atoms with E-state index in [-0.39, 0.29) is 11.5 Å². The summed E-state index contributed by atoms with van der Waals surface area (Å²) in [5, 5.41) is 17.5. The number of aromatic nitrogens is 2. The number of aryl methyl sites for hydroxylation is 1. The molecule has 2 atom stereocenters. The van der Waals surface area contributed by atoms with Gasteiger partial charge in [-0.25, -0.2) is 4.68 Å². The average molecular weight is 346 g/mol. The quantitative estimate of drug-likeness (QED) is 0.832. The number of aliphatic hydroxyl groups excluding tert-OH is 1. The number of rotatable bonds is 3. The third-order valence-electron chi connectivity index (χ3n) is 3.97. The molecule has 1 saturated heterocycles. The molecule has 0 aliphatic carbocycles. The topological polar surface area (TPSA) is 84.2 Å². The number of para-hydroxylation sites is 1. The van der Waals surface area contributed by atoms with E-state index >= 15 is 0 Å². The van der Waals surface area contributed by atoms with Crippen molar-refractivity contribution in [2.75, 3.05) is 0 Å². The smallest absolute Gasteiger partial charge is 0.237 e. The Kier molecular flexibility index (Phi) is 4.26. The van der Waals surface area contributed by atoms with E-state index in [4.69, 9.17) is 11.6 Å². The molecular weight excluding hydrogens is 330 g/mol. The standard InChI is InChI=1S/C17H16ClN3O3/c1-9-12(8-13-15(23)14(10(2)22)17(24)19-13)16(18)21(20-9)11-6-4-3-5-7-11/h3-8,14-15,23H,1-2H3,(H,19,24). The average Bonchev–Trinajstić information content (AvgIpc) is 2.98. The molecule has 1 aromatic carbocycles. The number of benzene rings is 1. The monoisotopic (exact) mass is 345 g/mol. The molecule has 2 unspecified atom stereocenters. The molecule has 0 spiro atoms. The molecule has 1 aliphatic rings. The van der Waals surface area contributed by atoms with E-state index in [1.54, 1.807) is 17.7 Å². The first-order valence-corrected chi connectivity index (χ1v) is 7.79. The minimum absolute atomic E-state index is 0.248. The molecule has 0 radical (unpaired) electrons. The Bertz CT molecular complexity index is 842. The van der Waals surface area contributed by atoms with E-state index < -0.39 is 17.9 Å². The number of Topliss-reactive ketones (excluding diaryl/α,β-unsaturated/α-hetero) is 1. The Morgan fingerprint density at radius 3 is 2.62 bits per heavy atom. The van der Waals surface area contributed by atoms with E-state index in [0.29, 0.717) is 16.4 Å². The molecule has 0 bridgehead atoms. The van der Waals surface area contributed by atoms with Crippen LogP contribution in [0.2, 0.25) is 5.15 Å². The maximum Gasteiger partial charge on any atom is 0.237 e. The van der Waals surface area contributed by atoms with Gasteiger partial charge >= 0.3 is 0 Å². The van der Waals surface area contributed by atoms with Crippen molar-refractivity contribution in [2.45, 2.75) is 20.0 Å². The van der Waals surface area contributed by atoms with Gasteiger partial charge in [-0.15, -0.1) is 0 Å². The second-order valence-corrected chi connectivity index (χ2v) is 6.02. The number of halogens is 1. The lowest BCUT2D eigenvalue weighted by molar-refractivity contribution is -0.132. The highest BCUT2D eigenvalue weighted by molar-refractivity contribution is 6.31. The van der Waals surface area contributed by atoms with Gasteiger partial charge in [0.15, 0.2) is 0 Å². The Labute approximate surface area is 143 Å². The SMILES string of the molecule is CC(=O)C1C(=O)NC(=Cc2c(C)nn(-c3ccccc3)c2Cl)C1O. The molecule has 124 valence electrons. The van der Waals surface area contributed by atoms with E-state index in [0.717, 1.165) is 5.69 Å². The molecule has 2 aromatic rings. The van der Waals surface area contributed by atoms with E-state index in [9.17, 15) is 14.7 Å². The summed E-state index contributed by atoms with van der Waals surface area (Å²) < 4.78 is 1.58. The van der Waals surface area contributed by atoms with Gasteiger partial charge < -0.3 is 10.4 Å². The minimum Gasteiger partial charge on any atom is -0.386 e. The molecule has 2 heterocycles. The molecule has 1 amide bonds. The lowest BCUT2D eigenvalue weighted by Gasteiger charge is -2.08. The third kappa shape index (κ3) is 2.74. The summed E-state index contributed by atoms with van der Waals surface area (Å²) in [7, 11) is 0. The predicted octanol–water partition coefficient (Wildman–Crippen LogP) is 1.87. The molecule has 1 fully saturated rings. The highest BCUT2D eigenvalue weighted by Crippen LogP contribution is 2.28. The Balaban J connectivity index is 2.01. The summed E-state index contributed by atoms with van der Waals surface area (Å²) in [4.78, 5) is 23.3. The second-order valence-electron chi connectivity index (χ2n) is 5.66. The van der Waals surface area contributed by atoms with Gasteiger partial charge in [-0.3, -0.25) is 9.59 Å². The van der Waals surface area contributed by atoms with Crippen molar-refractivity contribution in [3.63, 3.8) is 0 Å². The third-order valence-corrected chi connectivity index (χ3v) is 4.33. The van der Waals surface area contributed by atoms with Gasteiger partial charge in [0.1, 0.15) is 23.0 Å². The van der Waals surface area contributed by atoms with Crippen LogP contribution in [0.25, 0.3) is 11.8 Å². The maximum absolute atomic E-state index is 11.8. The number of carbonyl (C=O) groups is 2. The largest absolute Gasteiger partial charge is 0.386 e. The number of nitrogens with zero attached hydrogens (tertiary/aromatic N) is 2. The zero-order chi connectivity index (χ0) is 17.4. The number of amides is 1. The van der Waals surface area contributed by atoms with Gasteiger partial charge in [-0.2, -0.15) is 5.10 Å². The Morgan fingerprint density at radius 2 is 2.04 bits per heavy atom.